The van der Waals surface area contributed by atoms with Crippen molar-refractivity contribution >= 4 is 35.0 Å². The van der Waals surface area contributed by atoms with Crippen molar-refractivity contribution in [3.8, 4) is 5.75 Å². The molecule has 0 saturated carbocycles. The first kappa shape index (κ1) is 16.7. The van der Waals surface area contributed by atoms with Crippen LogP contribution in [0.3, 0.4) is 0 Å². The van der Waals surface area contributed by atoms with E-state index in [1.54, 1.807) is 18.9 Å². The monoisotopic (exact) mass is 335 g/mol. The van der Waals surface area contributed by atoms with E-state index in [0.29, 0.717) is 5.02 Å². The van der Waals surface area contributed by atoms with Gasteiger partial charge >= 0.3 is 0 Å². The van der Waals surface area contributed by atoms with Gasteiger partial charge in [0.1, 0.15) is 5.75 Å². The molecule has 1 atom stereocenters. The number of amides is 1. The molecule has 116 valence electrons. The fourth-order valence-electron chi connectivity index (χ4n) is 1.84. The first-order valence-electron chi connectivity index (χ1n) is 6.89. The van der Waals surface area contributed by atoms with Crippen molar-refractivity contribution in [2.75, 3.05) is 12.4 Å². The van der Waals surface area contributed by atoms with E-state index < -0.39 is 0 Å². The highest BCUT2D eigenvalue weighted by Gasteiger charge is 2.13. The van der Waals surface area contributed by atoms with Crippen LogP contribution in [0.4, 0.5) is 5.69 Å². The maximum absolute atomic E-state index is 12.2. The van der Waals surface area contributed by atoms with Crippen LogP contribution < -0.4 is 10.1 Å². The molecule has 0 aromatic heterocycles. The second kappa shape index (κ2) is 8.11. The average Bonchev–Trinajstić information content (AvgIpc) is 2.53. The Morgan fingerprint density at radius 2 is 2.00 bits per heavy atom. The van der Waals surface area contributed by atoms with Gasteiger partial charge in [-0.3, -0.25) is 4.79 Å². The molecule has 2 aromatic rings. The van der Waals surface area contributed by atoms with Gasteiger partial charge in [0.2, 0.25) is 5.91 Å². The van der Waals surface area contributed by atoms with Gasteiger partial charge in [-0.15, -0.1) is 11.8 Å². The number of methoxy groups -OCH3 is 1. The number of thioether (sulfide) groups is 1. The standard InChI is InChI=1S/C17H18ClNO2S/c1-12(22-11-13-4-3-5-14(18)10-13)17(20)19-15-6-8-16(21-2)9-7-15/h3-10,12H,11H2,1-2H3,(H,19,20)/t12-/m1/s1. The minimum atomic E-state index is -0.152. The summed E-state index contributed by atoms with van der Waals surface area (Å²) in [4.78, 5) is 12.2. The fourth-order valence-corrected chi connectivity index (χ4v) is 2.89. The lowest BCUT2D eigenvalue weighted by molar-refractivity contribution is -0.115. The van der Waals surface area contributed by atoms with Gasteiger partial charge in [-0.25, -0.2) is 0 Å². The summed E-state index contributed by atoms with van der Waals surface area (Å²) in [5, 5.41) is 3.46. The first-order chi connectivity index (χ1) is 10.6. The molecule has 0 spiro atoms. The number of carbonyl (C=O) groups is 1. The molecule has 0 bridgehead atoms. The maximum atomic E-state index is 12.2. The van der Waals surface area contributed by atoms with E-state index in [4.69, 9.17) is 16.3 Å². The lowest BCUT2D eigenvalue weighted by Crippen LogP contribution is -2.22. The zero-order valence-electron chi connectivity index (χ0n) is 12.5. The molecule has 0 aliphatic heterocycles. The molecule has 0 aliphatic carbocycles. The van der Waals surface area contributed by atoms with Crippen molar-refractivity contribution < 1.29 is 9.53 Å². The Morgan fingerprint density at radius 3 is 2.64 bits per heavy atom. The second-order valence-corrected chi connectivity index (χ2v) is 6.57. The van der Waals surface area contributed by atoms with Gasteiger partial charge < -0.3 is 10.1 Å². The minimum absolute atomic E-state index is 0.0165. The van der Waals surface area contributed by atoms with E-state index in [-0.39, 0.29) is 11.2 Å². The Balaban J connectivity index is 1.86. The van der Waals surface area contributed by atoms with Crippen molar-refractivity contribution in [2.24, 2.45) is 0 Å². The van der Waals surface area contributed by atoms with Gasteiger partial charge in [-0.1, -0.05) is 23.7 Å². The van der Waals surface area contributed by atoms with Crippen molar-refractivity contribution in [3.05, 3.63) is 59.1 Å². The molecule has 1 amide bonds. The number of carbonyl (C=O) groups excluding carboxylic acids is 1. The highest BCUT2D eigenvalue weighted by Crippen LogP contribution is 2.22. The molecule has 22 heavy (non-hydrogen) atoms. The highest BCUT2D eigenvalue weighted by molar-refractivity contribution is 7.99. The predicted octanol–water partition coefficient (Wildman–Crippen LogP) is 4.61. The lowest BCUT2D eigenvalue weighted by Gasteiger charge is -2.12. The van der Waals surface area contributed by atoms with Crippen LogP contribution in [0.1, 0.15) is 12.5 Å². The molecule has 5 heteroatoms. The Labute approximate surface area is 140 Å². The molecular weight excluding hydrogens is 318 g/mol. The molecule has 0 radical (unpaired) electrons. The van der Waals surface area contributed by atoms with Gasteiger partial charge in [-0.2, -0.15) is 0 Å². The summed E-state index contributed by atoms with van der Waals surface area (Å²) in [7, 11) is 1.61. The second-order valence-electron chi connectivity index (χ2n) is 4.80. The van der Waals surface area contributed by atoms with Gasteiger partial charge in [0.25, 0.3) is 0 Å². The number of halogens is 1. The molecule has 2 rings (SSSR count). The summed E-state index contributed by atoms with van der Waals surface area (Å²) in [6.45, 7) is 1.90. The fraction of sp³-hybridized carbons (Fsp3) is 0.235. The Morgan fingerprint density at radius 1 is 1.27 bits per heavy atom. The average molecular weight is 336 g/mol. The number of anilines is 1. The normalized spacial score (nSPS) is 11.8. The van der Waals surface area contributed by atoms with Gasteiger partial charge in [0.05, 0.1) is 12.4 Å². The van der Waals surface area contributed by atoms with Crippen molar-refractivity contribution in [1.82, 2.24) is 0 Å². The van der Waals surface area contributed by atoms with Crippen LogP contribution in [-0.2, 0) is 10.5 Å². The van der Waals surface area contributed by atoms with Crippen LogP contribution in [0.25, 0.3) is 0 Å². The third-order valence-electron chi connectivity index (χ3n) is 3.12. The van der Waals surface area contributed by atoms with Crippen molar-refractivity contribution in [1.29, 1.82) is 0 Å². The van der Waals surface area contributed by atoms with Crippen molar-refractivity contribution in [3.63, 3.8) is 0 Å². The summed E-state index contributed by atoms with van der Waals surface area (Å²) in [6.07, 6.45) is 0. The van der Waals surface area contributed by atoms with Crippen LogP contribution >= 0.6 is 23.4 Å². The lowest BCUT2D eigenvalue weighted by atomic mass is 10.2. The number of hydrogen-bond acceptors (Lipinski definition) is 3. The Hall–Kier alpha value is -1.65. The highest BCUT2D eigenvalue weighted by atomic mass is 35.5. The molecule has 0 saturated heterocycles. The van der Waals surface area contributed by atoms with Gasteiger partial charge in [0, 0.05) is 16.5 Å². The predicted molar refractivity (Wildman–Crippen MR) is 93.8 cm³/mol. The Kier molecular flexibility index (Phi) is 6.16. The van der Waals surface area contributed by atoms with Gasteiger partial charge in [-0.05, 0) is 48.9 Å². The Bertz CT molecular complexity index is 631. The summed E-state index contributed by atoms with van der Waals surface area (Å²) in [5.41, 5.74) is 1.88. The van der Waals surface area contributed by atoms with Crippen LogP contribution in [0.2, 0.25) is 5.02 Å². The van der Waals surface area contributed by atoms with E-state index >= 15 is 0 Å². The minimum Gasteiger partial charge on any atom is -0.497 e. The first-order valence-corrected chi connectivity index (χ1v) is 8.32. The smallest absolute Gasteiger partial charge is 0.237 e. The largest absolute Gasteiger partial charge is 0.497 e. The van der Waals surface area contributed by atoms with E-state index in [1.807, 2.05) is 55.5 Å². The number of rotatable bonds is 6. The van der Waals surface area contributed by atoms with E-state index in [2.05, 4.69) is 5.32 Å². The molecule has 0 unspecified atom stereocenters. The summed E-state index contributed by atoms with van der Waals surface area (Å²) in [5.74, 6) is 1.50. The van der Waals surface area contributed by atoms with E-state index in [9.17, 15) is 4.79 Å². The molecule has 0 heterocycles. The van der Waals surface area contributed by atoms with Gasteiger partial charge in [0.15, 0.2) is 0 Å². The molecule has 0 fully saturated rings. The third-order valence-corrected chi connectivity index (χ3v) is 4.56. The zero-order chi connectivity index (χ0) is 15.9. The SMILES string of the molecule is COc1ccc(NC(=O)[C@@H](C)SCc2cccc(Cl)c2)cc1. The molecule has 2 aromatic carbocycles. The summed E-state index contributed by atoms with van der Waals surface area (Å²) >= 11 is 7.53. The quantitative estimate of drug-likeness (QED) is 0.837. The van der Waals surface area contributed by atoms with E-state index in [0.717, 1.165) is 22.8 Å². The van der Waals surface area contributed by atoms with Crippen LogP contribution in [0, 0.1) is 0 Å². The topological polar surface area (TPSA) is 38.3 Å². The zero-order valence-corrected chi connectivity index (χ0v) is 14.1. The van der Waals surface area contributed by atoms with Crippen LogP contribution in [0.15, 0.2) is 48.5 Å². The third kappa shape index (κ3) is 4.97. The molecule has 0 aliphatic rings. The molecule has 3 nitrogen and oxygen atoms in total. The number of ether oxygens (including phenoxy) is 1. The molecular formula is C17H18ClNO2S. The maximum Gasteiger partial charge on any atom is 0.237 e. The van der Waals surface area contributed by atoms with Crippen molar-refractivity contribution in [2.45, 2.75) is 17.9 Å². The van der Waals surface area contributed by atoms with Crippen LogP contribution in [-0.4, -0.2) is 18.3 Å². The number of nitrogens with one attached hydrogen (secondary N) is 1. The molecule has 1 N–H and O–H groups in total. The van der Waals surface area contributed by atoms with E-state index in [1.165, 1.54) is 0 Å². The summed E-state index contributed by atoms with van der Waals surface area (Å²) < 4.78 is 5.09. The van der Waals surface area contributed by atoms with Crippen LogP contribution in [0.5, 0.6) is 5.75 Å². The number of hydrogen-bond donors (Lipinski definition) is 1. The number of benzene rings is 2. The summed E-state index contributed by atoms with van der Waals surface area (Å²) in [6, 6.07) is 15.0.